The van der Waals surface area contributed by atoms with Crippen LogP contribution in [0.4, 0.5) is 5.69 Å². The van der Waals surface area contributed by atoms with E-state index in [9.17, 15) is 15.4 Å². The predicted molar refractivity (Wildman–Crippen MR) is 123 cm³/mol. The van der Waals surface area contributed by atoms with Gasteiger partial charge in [0.1, 0.15) is 6.61 Å². The molecule has 0 N–H and O–H groups in total. The van der Waals surface area contributed by atoms with Gasteiger partial charge in [-0.3, -0.25) is 10.1 Å². The van der Waals surface area contributed by atoms with Gasteiger partial charge in [0.15, 0.2) is 11.5 Å². The van der Waals surface area contributed by atoms with Gasteiger partial charge in [-0.05, 0) is 63.5 Å². The van der Waals surface area contributed by atoms with E-state index in [0.29, 0.717) is 37.7 Å². The molecule has 31 heavy (non-hydrogen) atoms. The van der Waals surface area contributed by atoms with E-state index in [2.05, 4.69) is 22.0 Å². The summed E-state index contributed by atoms with van der Waals surface area (Å²) in [5.41, 5.74) is 2.43. The molecule has 0 aliphatic rings. The number of allylic oxidation sites excluding steroid dienone is 1. The number of nitro groups is 1. The molecular formula is C23H16BrClN2O4. The lowest BCUT2D eigenvalue weighted by Crippen LogP contribution is -1.99. The summed E-state index contributed by atoms with van der Waals surface area (Å²) < 4.78 is 12.0. The zero-order valence-corrected chi connectivity index (χ0v) is 18.7. The molecule has 0 radical (unpaired) electrons. The van der Waals surface area contributed by atoms with Gasteiger partial charge in [-0.1, -0.05) is 29.8 Å². The second-order valence-electron chi connectivity index (χ2n) is 6.39. The first-order valence-corrected chi connectivity index (χ1v) is 10.2. The van der Waals surface area contributed by atoms with Crippen LogP contribution in [0.3, 0.4) is 0 Å². The summed E-state index contributed by atoms with van der Waals surface area (Å²) in [7, 11) is 1.53. The van der Waals surface area contributed by atoms with Crippen molar-refractivity contribution < 1.29 is 14.4 Å². The van der Waals surface area contributed by atoms with Crippen molar-refractivity contribution in [3.05, 3.63) is 97.0 Å². The number of methoxy groups -OCH3 is 1. The minimum absolute atomic E-state index is 0.0366. The van der Waals surface area contributed by atoms with Crippen molar-refractivity contribution in [1.82, 2.24) is 0 Å². The molecular weight excluding hydrogens is 484 g/mol. The minimum Gasteiger partial charge on any atom is -0.493 e. The molecule has 0 amide bonds. The van der Waals surface area contributed by atoms with Crippen LogP contribution in [0.2, 0.25) is 5.02 Å². The summed E-state index contributed by atoms with van der Waals surface area (Å²) in [6.45, 7) is 0.260. The van der Waals surface area contributed by atoms with E-state index in [4.69, 9.17) is 21.1 Å². The highest BCUT2D eigenvalue weighted by Crippen LogP contribution is 2.38. The van der Waals surface area contributed by atoms with Gasteiger partial charge >= 0.3 is 0 Å². The van der Waals surface area contributed by atoms with Crippen LogP contribution < -0.4 is 9.47 Å². The fourth-order valence-electron chi connectivity index (χ4n) is 2.84. The molecule has 3 aromatic carbocycles. The summed E-state index contributed by atoms with van der Waals surface area (Å²) in [6, 6.07) is 18.9. The highest BCUT2D eigenvalue weighted by atomic mass is 79.9. The Morgan fingerprint density at radius 1 is 1.23 bits per heavy atom. The SMILES string of the molecule is COc1cc(/C=C(\C#N)c2ccc([N+](=O)[O-])cc2)cc(Br)c1OCc1ccccc1Cl. The zero-order chi connectivity index (χ0) is 22.4. The summed E-state index contributed by atoms with van der Waals surface area (Å²) in [5.74, 6) is 0.988. The van der Waals surface area contributed by atoms with Gasteiger partial charge in [0.25, 0.3) is 5.69 Å². The molecule has 8 heteroatoms. The van der Waals surface area contributed by atoms with Crippen molar-refractivity contribution in [1.29, 1.82) is 5.26 Å². The molecule has 0 aliphatic carbocycles. The number of non-ortho nitro benzene ring substituents is 1. The van der Waals surface area contributed by atoms with E-state index in [-0.39, 0.29) is 12.3 Å². The van der Waals surface area contributed by atoms with Crippen molar-refractivity contribution in [2.24, 2.45) is 0 Å². The Kier molecular flexibility index (Phi) is 7.29. The average Bonchev–Trinajstić information content (AvgIpc) is 2.77. The monoisotopic (exact) mass is 498 g/mol. The number of benzene rings is 3. The average molecular weight is 500 g/mol. The Labute approximate surface area is 192 Å². The second-order valence-corrected chi connectivity index (χ2v) is 7.65. The van der Waals surface area contributed by atoms with Crippen molar-refractivity contribution in [2.75, 3.05) is 7.11 Å². The van der Waals surface area contributed by atoms with Crippen LogP contribution in [0.1, 0.15) is 16.7 Å². The molecule has 156 valence electrons. The van der Waals surface area contributed by atoms with Crippen LogP contribution in [-0.4, -0.2) is 12.0 Å². The van der Waals surface area contributed by atoms with Crippen molar-refractivity contribution in [3.63, 3.8) is 0 Å². The summed E-state index contributed by atoms with van der Waals surface area (Å²) in [4.78, 5) is 10.3. The number of halogens is 2. The maximum absolute atomic E-state index is 10.8. The molecule has 0 atom stereocenters. The molecule has 0 aliphatic heterocycles. The normalized spacial score (nSPS) is 11.0. The van der Waals surface area contributed by atoms with Gasteiger partial charge in [-0.15, -0.1) is 0 Å². The van der Waals surface area contributed by atoms with Crippen LogP contribution in [0.15, 0.2) is 65.1 Å². The molecule has 6 nitrogen and oxygen atoms in total. The lowest BCUT2D eigenvalue weighted by Gasteiger charge is -2.14. The first-order chi connectivity index (χ1) is 14.9. The zero-order valence-electron chi connectivity index (χ0n) is 16.3. The van der Waals surface area contributed by atoms with Gasteiger partial charge in [-0.2, -0.15) is 5.26 Å². The van der Waals surface area contributed by atoms with Gasteiger partial charge in [0.2, 0.25) is 0 Å². The van der Waals surface area contributed by atoms with E-state index in [0.717, 1.165) is 5.56 Å². The van der Waals surface area contributed by atoms with E-state index in [1.54, 1.807) is 36.4 Å². The Bertz CT molecular complexity index is 1190. The van der Waals surface area contributed by atoms with Crippen LogP contribution in [0, 0.1) is 21.4 Å². The Hall–Kier alpha value is -3.34. The van der Waals surface area contributed by atoms with Gasteiger partial charge in [-0.25, -0.2) is 0 Å². The third kappa shape index (κ3) is 5.43. The maximum Gasteiger partial charge on any atom is 0.269 e. The molecule has 3 aromatic rings. The van der Waals surface area contributed by atoms with Crippen LogP contribution in [0.25, 0.3) is 11.6 Å². The highest BCUT2D eigenvalue weighted by Gasteiger charge is 2.13. The first-order valence-electron chi connectivity index (χ1n) is 9.03. The second kappa shape index (κ2) is 10.1. The van der Waals surface area contributed by atoms with Crippen molar-refractivity contribution in [2.45, 2.75) is 6.61 Å². The van der Waals surface area contributed by atoms with Crippen LogP contribution >= 0.6 is 27.5 Å². The highest BCUT2D eigenvalue weighted by molar-refractivity contribution is 9.10. The number of nitrogens with zero attached hydrogens (tertiary/aromatic N) is 2. The molecule has 0 aromatic heterocycles. The van der Waals surface area contributed by atoms with Gasteiger partial charge in [0.05, 0.1) is 28.1 Å². The lowest BCUT2D eigenvalue weighted by molar-refractivity contribution is -0.384. The number of rotatable bonds is 7. The minimum atomic E-state index is -0.483. The number of ether oxygens (including phenoxy) is 2. The molecule has 0 fully saturated rings. The van der Waals surface area contributed by atoms with Crippen molar-refractivity contribution in [3.8, 4) is 17.6 Å². The Morgan fingerprint density at radius 3 is 2.55 bits per heavy atom. The molecule has 0 spiro atoms. The lowest BCUT2D eigenvalue weighted by atomic mass is 10.0. The standard InChI is InChI=1S/C23H16BrClN2O4/c1-30-22-12-15(10-18(13-26)16-6-8-19(9-7-16)27(28)29)11-20(24)23(22)31-14-17-4-2-3-5-21(17)25/h2-12H,14H2,1H3/b18-10+. The topological polar surface area (TPSA) is 85.4 Å². The third-order valence-electron chi connectivity index (χ3n) is 4.40. The summed E-state index contributed by atoms with van der Waals surface area (Å²) >= 11 is 9.69. The number of nitriles is 1. The quantitative estimate of drug-likeness (QED) is 0.157. The number of nitro benzene ring substituents is 1. The number of hydrogen-bond donors (Lipinski definition) is 0. The largest absolute Gasteiger partial charge is 0.493 e. The first kappa shape index (κ1) is 22.3. The molecule has 0 saturated carbocycles. The predicted octanol–water partition coefficient (Wildman–Crippen LogP) is 6.66. The van der Waals surface area contributed by atoms with Crippen LogP contribution in [-0.2, 0) is 6.61 Å². The fraction of sp³-hybridized carbons (Fsp3) is 0.0870. The van der Waals surface area contributed by atoms with E-state index >= 15 is 0 Å². The summed E-state index contributed by atoms with van der Waals surface area (Å²) in [5, 5.41) is 21.0. The molecule has 0 unspecified atom stereocenters. The third-order valence-corrected chi connectivity index (χ3v) is 5.36. The van der Waals surface area contributed by atoms with E-state index in [1.807, 2.05) is 18.2 Å². The Balaban J connectivity index is 1.89. The maximum atomic E-state index is 10.8. The van der Waals surface area contributed by atoms with Crippen LogP contribution in [0.5, 0.6) is 11.5 Å². The molecule has 3 rings (SSSR count). The van der Waals surface area contributed by atoms with Gasteiger partial charge in [0, 0.05) is 22.7 Å². The van der Waals surface area contributed by atoms with E-state index in [1.165, 1.54) is 19.2 Å². The number of hydrogen-bond acceptors (Lipinski definition) is 5. The fourth-order valence-corrected chi connectivity index (χ4v) is 3.60. The van der Waals surface area contributed by atoms with E-state index < -0.39 is 4.92 Å². The molecule has 0 bridgehead atoms. The smallest absolute Gasteiger partial charge is 0.269 e. The molecule has 0 heterocycles. The van der Waals surface area contributed by atoms with Crippen molar-refractivity contribution >= 4 is 44.9 Å². The van der Waals surface area contributed by atoms with Gasteiger partial charge < -0.3 is 9.47 Å². The summed E-state index contributed by atoms with van der Waals surface area (Å²) in [6.07, 6.45) is 1.67. The molecule has 0 saturated heterocycles. The Morgan fingerprint density at radius 2 is 1.94 bits per heavy atom.